The molecule has 1 fully saturated rings. The Morgan fingerprint density at radius 2 is 1.65 bits per heavy atom. The fourth-order valence-corrected chi connectivity index (χ4v) is 3.35. The summed E-state index contributed by atoms with van der Waals surface area (Å²) in [5.74, 6) is -3.17. The van der Waals surface area contributed by atoms with E-state index in [9.17, 15) is 35.9 Å². The Bertz CT molecular complexity index is 1060. The smallest absolute Gasteiger partial charge is 0.475 e. The van der Waals surface area contributed by atoms with Crippen LogP contribution >= 0.6 is 11.8 Å². The maximum absolute atomic E-state index is 12.8. The minimum Gasteiger partial charge on any atom is -0.475 e. The molecule has 1 atom stereocenters. The number of pyridine rings is 1. The van der Waals surface area contributed by atoms with Crippen LogP contribution in [-0.4, -0.2) is 50.6 Å². The monoisotopic (exact) mass is 509 g/mol. The number of aromatic nitrogens is 1. The second-order valence-corrected chi connectivity index (χ2v) is 8.05. The lowest BCUT2D eigenvalue weighted by Gasteiger charge is -2.20. The van der Waals surface area contributed by atoms with Crippen LogP contribution in [0.5, 0.6) is 0 Å². The highest BCUT2D eigenvalue weighted by atomic mass is 32.2. The summed E-state index contributed by atoms with van der Waals surface area (Å²) in [6, 6.07) is 5.79. The number of imide groups is 1. The van der Waals surface area contributed by atoms with Gasteiger partial charge in [0.2, 0.25) is 0 Å². The molecule has 1 N–H and O–H groups in total. The summed E-state index contributed by atoms with van der Waals surface area (Å²) in [4.78, 5) is 40.7. The number of carbonyl (C=O) groups is 3. The maximum Gasteiger partial charge on any atom is 0.490 e. The molecule has 14 heteroatoms. The Morgan fingerprint density at radius 1 is 1.09 bits per heavy atom. The minimum atomic E-state index is -5.08. The van der Waals surface area contributed by atoms with Crippen molar-refractivity contribution in [2.75, 3.05) is 4.90 Å². The normalized spacial score (nSPS) is 16.4. The highest BCUT2D eigenvalue weighted by molar-refractivity contribution is 8.00. The van der Waals surface area contributed by atoms with Crippen molar-refractivity contribution in [3.05, 3.63) is 53.9 Å². The molecule has 1 aromatic heterocycles. The third-order valence-corrected chi connectivity index (χ3v) is 5.27. The van der Waals surface area contributed by atoms with Gasteiger partial charge in [-0.1, -0.05) is 0 Å². The number of nitrogens with zero attached hydrogens (tertiary/aromatic N) is 3. The number of carboxylic acid groups (broad SMARTS) is 1. The molecule has 3 amide bonds. The van der Waals surface area contributed by atoms with Crippen molar-refractivity contribution in [2.24, 2.45) is 0 Å². The van der Waals surface area contributed by atoms with Crippen LogP contribution in [0.25, 0.3) is 0 Å². The van der Waals surface area contributed by atoms with E-state index >= 15 is 0 Å². The molecule has 34 heavy (non-hydrogen) atoms. The van der Waals surface area contributed by atoms with Crippen molar-refractivity contribution in [2.45, 2.75) is 43.0 Å². The molecule has 0 spiro atoms. The summed E-state index contributed by atoms with van der Waals surface area (Å²) < 4.78 is 69.1. The van der Waals surface area contributed by atoms with Gasteiger partial charge in [0.25, 0.3) is 5.91 Å². The Kier molecular flexibility index (Phi) is 8.18. The van der Waals surface area contributed by atoms with Gasteiger partial charge in [0.15, 0.2) is 0 Å². The van der Waals surface area contributed by atoms with E-state index in [-0.39, 0.29) is 28.9 Å². The van der Waals surface area contributed by atoms with Crippen LogP contribution in [0.15, 0.2) is 47.6 Å². The Morgan fingerprint density at radius 3 is 2.12 bits per heavy atom. The molecule has 0 bridgehead atoms. The van der Waals surface area contributed by atoms with Gasteiger partial charge in [0.05, 0.1) is 5.69 Å². The molecule has 0 aliphatic carbocycles. The van der Waals surface area contributed by atoms with Crippen molar-refractivity contribution in [3.8, 4) is 0 Å². The predicted octanol–water partition coefficient (Wildman–Crippen LogP) is 4.99. The predicted molar refractivity (Wildman–Crippen MR) is 109 cm³/mol. The molecule has 184 valence electrons. The second-order valence-electron chi connectivity index (χ2n) is 6.91. The highest BCUT2D eigenvalue weighted by Gasteiger charge is 2.43. The standard InChI is InChI=1S/C18H16F3N3O2S.C2HF3O2/c1-11-9-22-8-7-13(11)10-23-12(2)16(25)24(17(23)26)14-3-5-15(6-4-14)27-18(19,20)21;3-2(4,5)1(6)7/h3-9,12H,10H2,1-2H3;(H,6,7)/t12-;/m0./s1. The third kappa shape index (κ3) is 6.85. The van der Waals surface area contributed by atoms with E-state index in [2.05, 4.69) is 4.98 Å². The van der Waals surface area contributed by atoms with Crippen molar-refractivity contribution in [1.82, 2.24) is 9.88 Å². The van der Waals surface area contributed by atoms with Crippen LogP contribution in [0.2, 0.25) is 0 Å². The van der Waals surface area contributed by atoms with Gasteiger partial charge in [-0.2, -0.15) is 26.3 Å². The van der Waals surface area contributed by atoms with E-state index in [1.54, 1.807) is 25.4 Å². The van der Waals surface area contributed by atoms with Crippen molar-refractivity contribution < 1.29 is 45.8 Å². The van der Waals surface area contributed by atoms with Crippen LogP contribution in [0.4, 0.5) is 36.8 Å². The van der Waals surface area contributed by atoms with Crippen LogP contribution < -0.4 is 4.90 Å². The van der Waals surface area contributed by atoms with Crippen LogP contribution in [-0.2, 0) is 16.1 Å². The molecule has 0 radical (unpaired) electrons. The lowest BCUT2D eigenvalue weighted by molar-refractivity contribution is -0.192. The summed E-state index contributed by atoms with van der Waals surface area (Å²) in [5, 5.41) is 7.12. The van der Waals surface area contributed by atoms with Gasteiger partial charge in [-0.25, -0.2) is 14.5 Å². The van der Waals surface area contributed by atoms with E-state index in [4.69, 9.17) is 9.90 Å². The van der Waals surface area contributed by atoms with E-state index in [0.717, 1.165) is 16.0 Å². The number of aryl methyl sites for hydroxylation is 1. The number of aliphatic carboxylic acids is 1. The number of urea groups is 1. The quantitative estimate of drug-likeness (QED) is 0.355. The van der Waals surface area contributed by atoms with Crippen LogP contribution in [0.3, 0.4) is 0 Å². The summed E-state index contributed by atoms with van der Waals surface area (Å²) in [6.07, 6.45) is -1.79. The highest BCUT2D eigenvalue weighted by Crippen LogP contribution is 2.38. The van der Waals surface area contributed by atoms with Gasteiger partial charge < -0.3 is 10.0 Å². The Hall–Kier alpha value is -3.29. The number of rotatable bonds is 4. The SMILES string of the molecule is Cc1cnccc1CN1C(=O)N(c2ccc(SC(F)(F)F)cc2)C(=O)[C@@H]1C.O=C(O)C(F)(F)F. The van der Waals surface area contributed by atoms with Gasteiger partial charge in [0, 0.05) is 23.8 Å². The van der Waals surface area contributed by atoms with Crippen LogP contribution in [0, 0.1) is 6.92 Å². The first-order chi connectivity index (χ1) is 15.6. The Balaban J connectivity index is 0.000000509. The third-order valence-electron chi connectivity index (χ3n) is 4.53. The number of carboxylic acids is 1. The molecule has 3 rings (SSSR count). The molecule has 2 heterocycles. The number of amides is 3. The summed E-state index contributed by atoms with van der Waals surface area (Å²) in [7, 11) is 0. The zero-order valence-corrected chi connectivity index (χ0v) is 18.3. The average Bonchev–Trinajstić information content (AvgIpc) is 2.92. The number of benzene rings is 1. The van der Waals surface area contributed by atoms with Crippen molar-refractivity contribution in [1.29, 1.82) is 0 Å². The van der Waals surface area contributed by atoms with Crippen molar-refractivity contribution >= 4 is 35.4 Å². The first kappa shape index (κ1) is 27.0. The lowest BCUT2D eigenvalue weighted by atomic mass is 10.1. The van der Waals surface area contributed by atoms with E-state index in [1.807, 2.05) is 6.92 Å². The molecule has 1 aromatic carbocycles. The summed E-state index contributed by atoms with van der Waals surface area (Å²) in [5.41, 5.74) is -2.37. The molecular formula is C20H17F6N3O4S. The topological polar surface area (TPSA) is 90.8 Å². The van der Waals surface area contributed by atoms with Gasteiger partial charge in [-0.05, 0) is 67.1 Å². The lowest BCUT2D eigenvalue weighted by Crippen LogP contribution is -2.33. The number of alkyl halides is 6. The number of anilines is 1. The van der Waals surface area contributed by atoms with E-state index in [0.29, 0.717) is 0 Å². The zero-order valence-electron chi connectivity index (χ0n) is 17.5. The van der Waals surface area contributed by atoms with E-state index in [1.165, 1.54) is 29.2 Å². The molecule has 0 saturated carbocycles. The number of carbonyl (C=O) groups excluding carboxylic acids is 2. The number of thioether (sulfide) groups is 1. The number of hydrogen-bond acceptors (Lipinski definition) is 5. The molecule has 2 aromatic rings. The van der Waals surface area contributed by atoms with Crippen molar-refractivity contribution in [3.63, 3.8) is 0 Å². The molecular weight excluding hydrogens is 492 g/mol. The average molecular weight is 509 g/mol. The largest absolute Gasteiger partial charge is 0.490 e. The first-order valence-electron chi connectivity index (χ1n) is 9.32. The van der Waals surface area contributed by atoms with Gasteiger partial charge in [-0.15, -0.1) is 0 Å². The number of hydrogen-bond donors (Lipinski definition) is 1. The number of halogens is 6. The zero-order chi connectivity index (χ0) is 25.8. The molecule has 7 nitrogen and oxygen atoms in total. The minimum absolute atomic E-state index is 0.0114. The molecule has 1 saturated heterocycles. The Labute approximate surface area is 193 Å². The van der Waals surface area contributed by atoms with Gasteiger partial charge in [-0.3, -0.25) is 9.78 Å². The fraction of sp³-hybridized carbons (Fsp3) is 0.300. The maximum atomic E-state index is 12.8. The van der Waals surface area contributed by atoms with Gasteiger partial charge >= 0.3 is 23.7 Å². The van der Waals surface area contributed by atoms with Crippen LogP contribution in [0.1, 0.15) is 18.1 Å². The first-order valence-corrected chi connectivity index (χ1v) is 10.1. The summed E-state index contributed by atoms with van der Waals surface area (Å²) in [6.45, 7) is 3.74. The molecule has 1 aliphatic rings. The molecule has 1 aliphatic heterocycles. The summed E-state index contributed by atoms with van der Waals surface area (Å²) >= 11 is -0.247. The van der Waals surface area contributed by atoms with Gasteiger partial charge in [0.1, 0.15) is 6.04 Å². The fourth-order valence-electron chi connectivity index (χ4n) is 2.81. The van der Waals surface area contributed by atoms with E-state index < -0.39 is 35.6 Å². The second kappa shape index (κ2) is 10.3. The molecule has 0 unspecified atom stereocenters.